The Hall–Kier alpha value is -2.37. The molecule has 1 aromatic carbocycles. The van der Waals surface area contributed by atoms with Gasteiger partial charge in [-0.1, -0.05) is 32.9 Å². The van der Waals surface area contributed by atoms with Gasteiger partial charge in [0.2, 0.25) is 11.8 Å². The Morgan fingerprint density at radius 1 is 0.967 bits per heavy atom. The Morgan fingerprint density at radius 2 is 1.60 bits per heavy atom. The van der Waals surface area contributed by atoms with Crippen LogP contribution < -0.4 is 5.32 Å². The summed E-state index contributed by atoms with van der Waals surface area (Å²) in [6.45, 7) is 9.10. The zero-order chi connectivity index (χ0) is 21.5. The first-order valence-electron chi connectivity index (χ1n) is 11.2. The number of nitrogens with one attached hydrogen (secondary N) is 1. The number of carbonyl (C=O) groups is 3. The van der Waals surface area contributed by atoms with Gasteiger partial charge in [-0.3, -0.25) is 14.4 Å². The van der Waals surface area contributed by atoms with E-state index in [0.717, 1.165) is 13.0 Å². The SMILES string of the molecule is CC(C)(C)c1ccc(C(=O)N2CCC(C(=O)N3CC[C@@H]4CC(=O)N[C@@H]4C3)CC2)cc1. The van der Waals surface area contributed by atoms with Gasteiger partial charge in [-0.25, -0.2) is 0 Å². The molecule has 30 heavy (non-hydrogen) atoms. The predicted octanol–water partition coefficient (Wildman–Crippen LogP) is 2.57. The second-order valence-corrected chi connectivity index (χ2v) is 10.1. The van der Waals surface area contributed by atoms with Gasteiger partial charge in [0, 0.05) is 50.1 Å². The lowest BCUT2D eigenvalue weighted by atomic mass is 9.86. The molecular weight excluding hydrogens is 378 g/mol. The van der Waals surface area contributed by atoms with E-state index in [4.69, 9.17) is 0 Å². The Kier molecular flexibility index (Phi) is 5.60. The van der Waals surface area contributed by atoms with E-state index in [-0.39, 0.29) is 35.1 Å². The number of rotatable bonds is 2. The molecule has 0 radical (unpaired) electrons. The molecule has 0 saturated carbocycles. The molecule has 0 aliphatic carbocycles. The number of hydrogen-bond donors (Lipinski definition) is 1. The monoisotopic (exact) mass is 411 g/mol. The van der Waals surface area contributed by atoms with Crippen molar-refractivity contribution in [3.8, 4) is 0 Å². The molecule has 1 aromatic rings. The second-order valence-electron chi connectivity index (χ2n) is 10.1. The summed E-state index contributed by atoms with van der Waals surface area (Å²) in [5, 5.41) is 3.01. The average Bonchev–Trinajstić information content (AvgIpc) is 3.11. The molecule has 3 heterocycles. The van der Waals surface area contributed by atoms with Gasteiger partial charge in [0.25, 0.3) is 5.91 Å². The molecule has 2 atom stereocenters. The number of fused-ring (bicyclic) bond motifs is 1. The summed E-state index contributed by atoms with van der Waals surface area (Å²) in [6, 6.07) is 8.03. The van der Waals surface area contributed by atoms with E-state index in [1.807, 2.05) is 34.1 Å². The van der Waals surface area contributed by atoms with Crippen LogP contribution in [-0.4, -0.2) is 59.7 Å². The van der Waals surface area contributed by atoms with Crippen molar-refractivity contribution in [2.24, 2.45) is 11.8 Å². The minimum atomic E-state index is -0.0222. The van der Waals surface area contributed by atoms with E-state index in [1.165, 1.54) is 5.56 Å². The highest BCUT2D eigenvalue weighted by molar-refractivity contribution is 5.94. The van der Waals surface area contributed by atoms with Crippen molar-refractivity contribution in [2.45, 2.75) is 57.9 Å². The number of hydrogen-bond acceptors (Lipinski definition) is 3. The molecule has 3 saturated heterocycles. The van der Waals surface area contributed by atoms with Gasteiger partial charge in [0.05, 0.1) is 0 Å². The predicted molar refractivity (Wildman–Crippen MR) is 115 cm³/mol. The minimum Gasteiger partial charge on any atom is -0.351 e. The Balaban J connectivity index is 1.31. The van der Waals surface area contributed by atoms with Gasteiger partial charge in [0.15, 0.2) is 0 Å². The first-order chi connectivity index (χ1) is 14.2. The molecule has 0 bridgehead atoms. The molecule has 3 aliphatic heterocycles. The first-order valence-corrected chi connectivity index (χ1v) is 11.2. The van der Waals surface area contributed by atoms with Crippen LogP contribution in [0.5, 0.6) is 0 Å². The third-order valence-electron chi connectivity index (χ3n) is 6.99. The average molecular weight is 412 g/mol. The highest BCUT2D eigenvalue weighted by atomic mass is 16.2. The fourth-order valence-corrected chi connectivity index (χ4v) is 5.00. The van der Waals surface area contributed by atoms with Gasteiger partial charge in [-0.2, -0.15) is 0 Å². The lowest BCUT2D eigenvalue weighted by Gasteiger charge is -2.38. The van der Waals surface area contributed by atoms with E-state index in [2.05, 4.69) is 26.1 Å². The summed E-state index contributed by atoms with van der Waals surface area (Å²) in [7, 11) is 0. The van der Waals surface area contributed by atoms with Gasteiger partial charge < -0.3 is 15.1 Å². The maximum Gasteiger partial charge on any atom is 0.253 e. The summed E-state index contributed by atoms with van der Waals surface area (Å²) in [4.78, 5) is 41.3. The van der Waals surface area contributed by atoms with Crippen molar-refractivity contribution in [2.75, 3.05) is 26.2 Å². The lowest BCUT2D eigenvalue weighted by Crippen LogP contribution is -2.52. The zero-order valence-electron chi connectivity index (χ0n) is 18.3. The third kappa shape index (κ3) is 4.23. The van der Waals surface area contributed by atoms with E-state index in [1.54, 1.807) is 0 Å². The molecule has 0 unspecified atom stereocenters. The number of benzene rings is 1. The number of nitrogens with zero attached hydrogens (tertiary/aromatic N) is 2. The van der Waals surface area contributed by atoms with Crippen molar-refractivity contribution in [1.29, 1.82) is 0 Å². The van der Waals surface area contributed by atoms with Crippen LogP contribution >= 0.6 is 0 Å². The van der Waals surface area contributed by atoms with E-state index >= 15 is 0 Å². The van der Waals surface area contributed by atoms with Crippen molar-refractivity contribution >= 4 is 17.7 Å². The first kappa shape index (κ1) is 20.9. The van der Waals surface area contributed by atoms with Gasteiger partial charge in [-0.05, 0) is 48.3 Å². The van der Waals surface area contributed by atoms with Gasteiger partial charge in [0.1, 0.15) is 0 Å². The molecule has 3 amide bonds. The van der Waals surface area contributed by atoms with Crippen molar-refractivity contribution < 1.29 is 14.4 Å². The Bertz CT molecular complexity index is 819. The quantitative estimate of drug-likeness (QED) is 0.813. The number of amides is 3. The van der Waals surface area contributed by atoms with Crippen LogP contribution in [0.1, 0.15) is 62.4 Å². The van der Waals surface area contributed by atoms with Gasteiger partial charge >= 0.3 is 0 Å². The summed E-state index contributed by atoms with van der Waals surface area (Å²) >= 11 is 0. The number of likely N-dealkylation sites (tertiary alicyclic amines) is 2. The molecule has 3 aliphatic rings. The molecule has 1 N–H and O–H groups in total. The molecule has 4 rings (SSSR count). The topological polar surface area (TPSA) is 69.7 Å². The van der Waals surface area contributed by atoms with Crippen molar-refractivity contribution in [3.05, 3.63) is 35.4 Å². The maximum absolute atomic E-state index is 13.0. The maximum atomic E-state index is 13.0. The van der Waals surface area contributed by atoms with Gasteiger partial charge in [-0.15, -0.1) is 0 Å². The Labute approximate surface area is 179 Å². The molecular formula is C24H33N3O3. The molecule has 6 heteroatoms. The standard InChI is InChI=1S/C24H33N3O3/c1-24(2,3)19-6-4-16(5-7-19)22(29)26-11-8-17(9-12-26)23(30)27-13-10-18-14-21(28)25-20(18)15-27/h4-7,17-18,20H,8-15H2,1-3H3,(H,25,28)/t18-,20-/m1/s1. The van der Waals surface area contributed by atoms with Crippen LogP contribution in [0.15, 0.2) is 24.3 Å². The molecule has 162 valence electrons. The number of piperidine rings is 2. The van der Waals surface area contributed by atoms with Crippen LogP contribution in [0, 0.1) is 11.8 Å². The van der Waals surface area contributed by atoms with Crippen LogP contribution in [0.4, 0.5) is 0 Å². The zero-order valence-corrected chi connectivity index (χ0v) is 18.3. The van der Waals surface area contributed by atoms with E-state index in [0.29, 0.717) is 50.4 Å². The summed E-state index contributed by atoms with van der Waals surface area (Å²) in [6.07, 6.45) is 2.92. The number of carbonyl (C=O) groups excluding carboxylic acids is 3. The third-order valence-corrected chi connectivity index (χ3v) is 6.99. The normalized spacial score (nSPS) is 25.1. The molecule has 3 fully saturated rings. The molecule has 0 aromatic heterocycles. The molecule has 6 nitrogen and oxygen atoms in total. The fourth-order valence-electron chi connectivity index (χ4n) is 5.00. The van der Waals surface area contributed by atoms with Crippen molar-refractivity contribution in [1.82, 2.24) is 15.1 Å². The lowest BCUT2D eigenvalue weighted by molar-refractivity contribution is -0.138. The fraction of sp³-hybridized carbons (Fsp3) is 0.625. The van der Waals surface area contributed by atoms with Crippen LogP contribution in [-0.2, 0) is 15.0 Å². The van der Waals surface area contributed by atoms with E-state index in [9.17, 15) is 14.4 Å². The summed E-state index contributed by atoms with van der Waals surface area (Å²) in [5.41, 5.74) is 1.99. The van der Waals surface area contributed by atoms with Crippen LogP contribution in [0.25, 0.3) is 0 Å². The summed E-state index contributed by atoms with van der Waals surface area (Å²) < 4.78 is 0. The van der Waals surface area contributed by atoms with E-state index < -0.39 is 0 Å². The summed E-state index contributed by atoms with van der Waals surface area (Å²) in [5.74, 6) is 0.713. The smallest absolute Gasteiger partial charge is 0.253 e. The van der Waals surface area contributed by atoms with Crippen LogP contribution in [0.2, 0.25) is 0 Å². The van der Waals surface area contributed by atoms with Crippen LogP contribution in [0.3, 0.4) is 0 Å². The minimum absolute atomic E-state index is 0.0222. The van der Waals surface area contributed by atoms with Crippen molar-refractivity contribution in [3.63, 3.8) is 0 Å². The Morgan fingerprint density at radius 3 is 2.23 bits per heavy atom. The highest BCUT2D eigenvalue weighted by Crippen LogP contribution is 2.29. The second kappa shape index (κ2) is 8.05. The highest BCUT2D eigenvalue weighted by Gasteiger charge is 2.40. The largest absolute Gasteiger partial charge is 0.351 e. The molecule has 0 spiro atoms.